The molecule has 6 heteroatoms. The molecule has 16 heavy (non-hydrogen) atoms. The van der Waals surface area contributed by atoms with Crippen LogP contribution < -0.4 is 15.8 Å². The van der Waals surface area contributed by atoms with Gasteiger partial charge in [0.25, 0.3) is 5.56 Å². The lowest BCUT2D eigenvalue weighted by Crippen LogP contribution is -2.46. The molecule has 1 unspecified atom stereocenters. The van der Waals surface area contributed by atoms with Crippen LogP contribution >= 0.6 is 0 Å². The van der Waals surface area contributed by atoms with Crippen LogP contribution in [0.25, 0.3) is 0 Å². The van der Waals surface area contributed by atoms with Crippen molar-refractivity contribution >= 4 is 5.82 Å². The fraction of sp³-hybridized carbons (Fsp3) is 0.600. The minimum atomic E-state index is -0.123. The van der Waals surface area contributed by atoms with Crippen LogP contribution in [0.4, 0.5) is 5.82 Å². The summed E-state index contributed by atoms with van der Waals surface area (Å²) < 4.78 is 5.58. The molecule has 0 radical (unpaired) electrons. The van der Waals surface area contributed by atoms with Gasteiger partial charge in [0, 0.05) is 25.7 Å². The maximum atomic E-state index is 11.2. The lowest BCUT2D eigenvalue weighted by atomic mass is 10.2. The van der Waals surface area contributed by atoms with E-state index in [4.69, 9.17) is 4.74 Å². The molecular weight excluding hydrogens is 208 g/mol. The Bertz CT molecular complexity index is 390. The molecule has 0 aliphatic carbocycles. The van der Waals surface area contributed by atoms with Gasteiger partial charge >= 0.3 is 0 Å². The van der Waals surface area contributed by atoms with Gasteiger partial charge in [0.05, 0.1) is 19.0 Å². The van der Waals surface area contributed by atoms with Crippen LogP contribution in [0.5, 0.6) is 0 Å². The smallest absolute Gasteiger partial charge is 0.252 e. The molecule has 0 spiro atoms. The van der Waals surface area contributed by atoms with E-state index in [1.54, 1.807) is 0 Å². The van der Waals surface area contributed by atoms with Crippen LogP contribution in [0.3, 0.4) is 0 Å². The molecule has 88 valence electrons. The van der Waals surface area contributed by atoms with Gasteiger partial charge in [-0.05, 0) is 7.05 Å². The van der Waals surface area contributed by atoms with Crippen molar-refractivity contribution in [1.82, 2.24) is 15.3 Å². The maximum Gasteiger partial charge on any atom is 0.252 e. The predicted molar refractivity (Wildman–Crippen MR) is 60.7 cm³/mol. The van der Waals surface area contributed by atoms with Gasteiger partial charge in [0.2, 0.25) is 0 Å². The molecule has 2 heterocycles. The summed E-state index contributed by atoms with van der Waals surface area (Å²) in [4.78, 5) is 19.9. The molecule has 1 aliphatic heterocycles. The first-order valence-corrected chi connectivity index (χ1v) is 5.35. The van der Waals surface area contributed by atoms with Gasteiger partial charge in [-0.25, -0.2) is 4.98 Å². The second kappa shape index (κ2) is 5.09. The maximum absolute atomic E-state index is 11.2. The van der Waals surface area contributed by atoms with Crippen molar-refractivity contribution in [2.75, 3.05) is 38.2 Å². The fourth-order valence-corrected chi connectivity index (χ4v) is 1.81. The third-order valence-corrected chi connectivity index (χ3v) is 2.56. The van der Waals surface area contributed by atoms with Gasteiger partial charge in [0.1, 0.15) is 5.82 Å². The summed E-state index contributed by atoms with van der Waals surface area (Å²) in [5.74, 6) is 0.716. The molecule has 2 rings (SSSR count). The third kappa shape index (κ3) is 2.59. The zero-order valence-electron chi connectivity index (χ0n) is 9.27. The van der Waals surface area contributed by atoms with E-state index in [1.807, 2.05) is 7.05 Å². The summed E-state index contributed by atoms with van der Waals surface area (Å²) in [6.07, 6.45) is 1.58. The van der Waals surface area contributed by atoms with Crippen molar-refractivity contribution in [3.8, 4) is 0 Å². The number of nitrogens with one attached hydrogen (secondary N) is 2. The summed E-state index contributed by atoms with van der Waals surface area (Å²) in [6.45, 7) is 3.01. The zero-order valence-corrected chi connectivity index (χ0v) is 9.27. The number of aromatic amines is 1. The van der Waals surface area contributed by atoms with Crippen LogP contribution in [0.15, 0.2) is 17.2 Å². The van der Waals surface area contributed by atoms with Crippen molar-refractivity contribution < 1.29 is 4.74 Å². The van der Waals surface area contributed by atoms with E-state index < -0.39 is 0 Å². The molecule has 0 aromatic carbocycles. The largest absolute Gasteiger partial charge is 0.373 e. The first-order chi connectivity index (χ1) is 7.79. The van der Waals surface area contributed by atoms with E-state index in [2.05, 4.69) is 20.2 Å². The number of rotatable bonds is 3. The highest BCUT2D eigenvalue weighted by Crippen LogP contribution is 2.12. The molecule has 6 nitrogen and oxygen atoms in total. The van der Waals surface area contributed by atoms with Crippen LogP contribution in [0.1, 0.15) is 0 Å². The first-order valence-electron chi connectivity index (χ1n) is 5.35. The molecular formula is C10H16N4O2. The number of nitrogens with zero attached hydrogens (tertiary/aromatic N) is 2. The van der Waals surface area contributed by atoms with Crippen LogP contribution in [0, 0.1) is 0 Å². The summed E-state index contributed by atoms with van der Waals surface area (Å²) in [5, 5.41) is 3.08. The summed E-state index contributed by atoms with van der Waals surface area (Å²) in [6, 6.07) is 1.52. The lowest BCUT2D eigenvalue weighted by molar-refractivity contribution is 0.0419. The Morgan fingerprint density at radius 3 is 3.38 bits per heavy atom. The van der Waals surface area contributed by atoms with Crippen molar-refractivity contribution in [1.29, 1.82) is 0 Å². The van der Waals surface area contributed by atoms with Crippen molar-refractivity contribution in [2.45, 2.75) is 6.10 Å². The van der Waals surface area contributed by atoms with Gasteiger partial charge in [-0.1, -0.05) is 0 Å². The number of hydrogen-bond acceptors (Lipinski definition) is 5. The number of anilines is 1. The number of likely N-dealkylation sites (N-methyl/N-ethyl adjacent to an activating group) is 1. The van der Waals surface area contributed by atoms with Gasteiger partial charge in [-0.2, -0.15) is 0 Å². The molecule has 1 saturated heterocycles. The minimum absolute atomic E-state index is 0.123. The molecule has 1 aromatic rings. The van der Waals surface area contributed by atoms with Crippen molar-refractivity contribution in [3.05, 3.63) is 22.7 Å². The summed E-state index contributed by atoms with van der Waals surface area (Å²) >= 11 is 0. The normalized spacial score (nSPS) is 21.1. The zero-order chi connectivity index (χ0) is 11.4. The number of morpholine rings is 1. The Morgan fingerprint density at radius 1 is 1.75 bits per heavy atom. The molecule has 0 saturated carbocycles. The Balaban J connectivity index is 2.06. The number of aromatic nitrogens is 2. The average Bonchev–Trinajstić information content (AvgIpc) is 2.30. The van der Waals surface area contributed by atoms with Gasteiger partial charge in [0.15, 0.2) is 0 Å². The van der Waals surface area contributed by atoms with E-state index in [-0.39, 0.29) is 11.7 Å². The monoisotopic (exact) mass is 224 g/mol. The van der Waals surface area contributed by atoms with E-state index >= 15 is 0 Å². The third-order valence-electron chi connectivity index (χ3n) is 2.56. The molecule has 0 amide bonds. The van der Waals surface area contributed by atoms with Crippen LogP contribution in [-0.2, 0) is 4.74 Å². The fourth-order valence-electron chi connectivity index (χ4n) is 1.81. The summed E-state index contributed by atoms with van der Waals surface area (Å²) in [5.41, 5.74) is -0.123. The van der Waals surface area contributed by atoms with Gasteiger partial charge in [-0.15, -0.1) is 0 Å². The SMILES string of the molecule is CNCC1CN(c2cc(=O)[nH]cn2)CCO1. The average molecular weight is 224 g/mol. The second-order valence-electron chi connectivity index (χ2n) is 3.77. The predicted octanol–water partition coefficient (Wildman–Crippen LogP) is -0.805. The second-order valence-corrected chi connectivity index (χ2v) is 3.77. The Labute approximate surface area is 93.6 Å². The van der Waals surface area contributed by atoms with E-state index in [9.17, 15) is 4.79 Å². The van der Waals surface area contributed by atoms with Crippen molar-refractivity contribution in [3.63, 3.8) is 0 Å². The molecule has 2 N–H and O–H groups in total. The van der Waals surface area contributed by atoms with E-state index in [0.29, 0.717) is 12.4 Å². The summed E-state index contributed by atoms with van der Waals surface area (Å²) in [7, 11) is 1.90. The Kier molecular flexibility index (Phi) is 3.53. The van der Waals surface area contributed by atoms with Gasteiger partial charge in [-0.3, -0.25) is 4.79 Å². The quantitative estimate of drug-likeness (QED) is 0.703. The van der Waals surface area contributed by atoms with E-state index in [1.165, 1.54) is 12.4 Å². The molecule has 1 fully saturated rings. The topological polar surface area (TPSA) is 70.2 Å². The molecule has 1 atom stereocenters. The van der Waals surface area contributed by atoms with Crippen molar-refractivity contribution in [2.24, 2.45) is 0 Å². The van der Waals surface area contributed by atoms with Crippen LogP contribution in [-0.4, -0.2) is 49.4 Å². The lowest BCUT2D eigenvalue weighted by Gasteiger charge is -2.33. The Hall–Kier alpha value is -1.40. The molecule has 0 bridgehead atoms. The van der Waals surface area contributed by atoms with Crippen LogP contribution in [0.2, 0.25) is 0 Å². The first kappa shape index (κ1) is 11.1. The Morgan fingerprint density at radius 2 is 2.62 bits per heavy atom. The highest BCUT2D eigenvalue weighted by molar-refractivity contribution is 5.37. The minimum Gasteiger partial charge on any atom is -0.373 e. The highest BCUT2D eigenvalue weighted by atomic mass is 16.5. The number of ether oxygens (including phenoxy) is 1. The number of H-pyrrole nitrogens is 1. The van der Waals surface area contributed by atoms with Gasteiger partial charge < -0.3 is 19.9 Å². The molecule has 1 aromatic heterocycles. The molecule has 1 aliphatic rings. The number of hydrogen-bond donors (Lipinski definition) is 2. The standard InChI is InChI=1S/C10H16N4O2/c1-11-5-8-6-14(2-3-16-8)9-4-10(15)13-7-12-9/h4,7-8,11H,2-3,5-6H2,1H3,(H,12,13,15). The van der Waals surface area contributed by atoms with E-state index in [0.717, 1.165) is 19.6 Å². The highest BCUT2D eigenvalue weighted by Gasteiger charge is 2.20.